The van der Waals surface area contributed by atoms with E-state index >= 15 is 0 Å². The molecule has 2 aromatic rings. The Kier molecular flexibility index (Phi) is 2.63. The average Bonchev–Trinajstić information content (AvgIpc) is 2.67. The fraction of sp³-hybridized carbons (Fsp3) is 0.167. The summed E-state index contributed by atoms with van der Waals surface area (Å²) in [6, 6.07) is 5.75. The van der Waals surface area contributed by atoms with Crippen molar-refractivity contribution in [2.75, 3.05) is 0 Å². The van der Waals surface area contributed by atoms with Gasteiger partial charge in [0.25, 0.3) is 0 Å². The van der Waals surface area contributed by atoms with Gasteiger partial charge in [0.1, 0.15) is 11.5 Å². The number of aromatic nitrogens is 2. The molecule has 76 valence electrons. The third kappa shape index (κ3) is 2.31. The van der Waals surface area contributed by atoms with Crippen LogP contribution >= 0.6 is 0 Å². The number of allylic oxidation sites excluding steroid dienone is 1. The van der Waals surface area contributed by atoms with E-state index in [1.54, 1.807) is 12.4 Å². The Morgan fingerprint density at radius 3 is 3.07 bits per heavy atom. The molecule has 3 heteroatoms. The molecule has 0 N–H and O–H groups in total. The van der Waals surface area contributed by atoms with Crippen molar-refractivity contribution in [1.82, 2.24) is 10.1 Å². The molecule has 0 aliphatic heterocycles. The first-order valence-corrected chi connectivity index (χ1v) is 4.76. The van der Waals surface area contributed by atoms with Gasteiger partial charge >= 0.3 is 0 Å². The number of hydrogen-bond donors (Lipinski definition) is 0. The van der Waals surface area contributed by atoms with Crippen LogP contribution in [0.25, 0.3) is 11.3 Å². The highest BCUT2D eigenvalue weighted by Crippen LogP contribution is 2.18. The Bertz CT molecular complexity index is 459. The van der Waals surface area contributed by atoms with Crippen LogP contribution in [0.15, 0.2) is 47.3 Å². The summed E-state index contributed by atoms with van der Waals surface area (Å²) in [5, 5.41) is 3.98. The van der Waals surface area contributed by atoms with Crippen molar-refractivity contribution in [1.29, 1.82) is 0 Å². The summed E-state index contributed by atoms with van der Waals surface area (Å²) in [4.78, 5) is 4.03. The van der Waals surface area contributed by atoms with Crippen molar-refractivity contribution < 1.29 is 4.52 Å². The lowest BCUT2D eigenvalue weighted by Gasteiger charge is -1.91. The Morgan fingerprint density at radius 2 is 2.40 bits per heavy atom. The highest BCUT2D eigenvalue weighted by molar-refractivity contribution is 5.57. The summed E-state index contributed by atoms with van der Waals surface area (Å²) >= 11 is 0. The van der Waals surface area contributed by atoms with Gasteiger partial charge in [-0.05, 0) is 19.1 Å². The van der Waals surface area contributed by atoms with Crippen LogP contribution in [0.1, 0.15) is 12.7 Å². The quantitative estimate of drug-likeness (QED) is 0.715. The van der Waals surface area contributed by atoms with Gasteiger partial charge in [-0.15, -0.1) is 0 Å². The normalized spacial score (nSPS) is 10.2. The number of pyridine rings is 1. The molecule has 2 rings (SSSR count). The second-order valence-corrected chi connectivity index (χ2v) is 3.55. The van der Waals surface area contributed by atoms with Crippen molar-refractivity contribution in [2.24, 2.45) is 0 Å². The van der Waals surface area contributed by atoms with Crippen molar-refractivity contribution in [3.05, 3.63) is 48.5 Å². The first-order valence-electron chi connectivity index (χ1n) is 4.76. The Labute approximate surface area is 88.4 Å². The second kappa shape index (κ2) is 4.09. The zero-order chi connectivity index (χ0) is 10.7. The number of hydrogen-bond acceptors (Lipinski definition) is 3. The lowest BCUT2D eigenvalue weighted by molar-refractivity contribution is 0.391. The maximum Gasteiger partial charge on any atom is 0.141 e. The third-order valence-electron chi connectivity index (χ3n) is 1.99. The molecule has 0 saturated heterocycles. The lowest BCUT2D eigenvalue weighted by Crippen LogP contribution is -1.80. The summed E-state index contributed by atoms with van der Waals surface area (Å²) in [5.74, 6) is 0.835. The topological polar surface area (TPSA) is 38.9 Å². The maximum atomic E-state index is 5.19. The maximum absolute atomic E-state index is 5.19. The van der Waals surface area contributed by atoms with Crippen LogP contribution in [0.4, 0.5) is 0 Å². The predicted octanol–water partition coefficient (Wildman–Crippen LogP) is 2.86. The van der Waals surface area contributed by atoms with Crippen molar-refractivity contribution in [3.63, 3.8) is 0 Å². The van der Waals surface area contributed by atoms with Crippen LogP contribution in [-0.4, -0.2) is 10.1 Å². The molecule has 0 radical (unpaired) electrons. The van der Waals surface area contributed by atoms with E-state index in [0.717, 1.165) is 29.0 Å². The minimum Gasteiger partial charge on any atom is -0.360 e. The van der Waals surface area contributed by atoms with E-state index in [1.807, 2.05) is 25.1 Å². The predicted molar refractivity (Wildman–Crippen MR) is 58.3 cm³/mol. The molecule has 0 aliphatic rings. The summed E-state index contributed by atoms with van der Waals surface area (Å²) in [5.41, 5.74) is 2.84. The summed E-state index contributed by atoms with van der Waals surface area (Å²) in [6.07, 6.45) is 4.23. The van der Waals surface area contributed by atoms with E-state index < -0.39 is 0 Å². The van der Waals surface area contributed by atoms with E-state index in [1.165, 1.54) is 0 Å². The number of nitrogens with zero attached hydrogens (tertiary/aromatic N) is 2. The Balaban J connectivity index is 2.24. The van der Waals surface area contributed by atoms with Crippen LogP contribution in [0.5, 0.6) is 0 Å². The minimum atomic E-state index is 0.729. The molecule has 0 aromatic carbocycles. The van der Waals surface area contributed by atoms with E-state index in [-0.39, 0.29) is 0 Å². The van der Waals surface area contributed by atoms with Gasteiger partial charge in [0, 0.05) is 30.4 Å². The highest BCUT2D eigenvalue weighted by Gasteiger charge is 2.05. The monoisotopic (exact) mass is 200 g/mol. The molecule has 0 unspecified atom stereocenters. The van der Waals surface area contributed by atoms with Gasteiger partial charge in [-0.3, -0.25) is 4.98 Å². The Hall–Kier alpha value is -1.90. The van der Waals surface area contributed by atoms with Gasteiger partial charge in [-0.2, -0.15) is 0 Å². The van der Waals surface area contributed by atoms with Crippen LogP contribution in [-0.2, 0) is 6.42 Å². The fourth-order valence-corrected chi connectivity index (χ4v) is 1.34. The van der Waals surface area contributed by atoms with Gasteiger partial charge in [0.05, 0.1) is 0 Å². The summed E-state index contributed by atoms with van der Waals surface area (Å²) < 4.78 is 5.19. The zero-order valence-electron chi connectivity index (χ0n) is 8.60. The fourth-order valence-electron chi connectivity index (χ4n) is 1.34. The van der Waals surface area contributed by atoms with E-state index in [2.05, 4.69) is 16.7 Å². The largest absolute Gasteiger partial charge is 0.360 e. The summed E-state index contributed by atoms with van der Waals surface area (Å²) in [7, 11) is 0. The van der Waals surface area contributed by atoms with E-state index in [0.29, 0.717) is 0 Å². The second-order valence-electron chi connectivity index (χ2n) is 3.55. The van der Waals surface area contributed by atoms with Crippen molar-refractivity contribution >= 4 is 0 Å². The standard InChI is InChI=1S/C12H12N2O/c1-9(2)6-11-7-12(14-15-11)10-4-3-5-13-8-10/h3-5,7-8H,1,6H2,2H3. The molecular formula is C12H12N2O. The molecule has 2 heterocycles. The van der Waals surface area contributed by atoms with Crippen LogP contribution in [0.2, 0.25) is 0 Å². The van der Waals surface area contributed by atoms with Crippen LogP contribution in [0.3, 0.4) is 0 Å². The highest BCUT2D eigenvalue weighted by atomic mass is 16.5. The first kappa shape index (κ1) is 9.65. The molecule has 0 saturated carbocycles. The smallest absolute Gasteiger partial charge is 0.141 e. The first-order chi connectivity index (χ1) is 7.25. The molecule has 2 aromatic heterocycles. The van der Waals surface area contributed by atoms with Crippen molar-refractivity contribution in [3.8, 4) is 11.3 Å². The third-order valence-corrected chi connectivity index (χ3v) is 1.99. The summed E-state index contributed by atoms with van der Waals surface area (Å²) in [6.45, 7) is 5.80. The van der Waals surface area contributed by atoms with Crippen LogP contribution < -0.4 is 0 Å². The van der Waals surface area contributed by atoms with Gasteiger partial charge in [-0.25, -0.2) is 0 Å². The van der Waals surface area contributed by atoms with Crippen molar-refractivity contribution in [2.45, 2.75) is 13.3 Å². The van der Waals surface area contributed by atoms with E-state index in [4.69, 9.17) is 4.52 Å². The molecule has 3 nitrogen and oxygen atoms in total. The molecule has 0 bridgehead atoms. The average molecular weight is 200 g/mol. The van der Waals surface area contributed by atoms with E-state index in [9.17, 15) is 0 Å². The van der Waals surface area contributed by atoms with Gasteiger partial charge in [0.15, 0.2) is 0 Å². The molecule has 0 aliphatic carbocycles. The molecule has 15 heavy (non-hydrogen) atoms. The minimum absolute atomic E-state index is 0.729. The molecule has 0 spiro atoms. The molecule has 0 atom stereocenters. The Morgan fingerprint density at radius 1 is 1.53 bits per heavy atom. The zero-order valence-corrected chi connectivity index (χ0v) is 8.60. The van der Waals surface area contributed by atoms with Gasteiger partial charge < -0.3 is 4.52 Å². The SMILES string of the molecule is C=C(C)Cc1cc(-c2cccnc2)no1. The molecule has 0 fully saturated rings. The van der Waals surface area contributed by atoms with Gasteiger partial charge in [-0.1, -0.05) is 17.3 Å². The number of rotatable bonds is 3. The van der Waals surface area contributed by atoms with Gasteiger partial charge in [0.2, 0.25) is 0 Å². The van der Waals surface area contributed by atoms with Crippen LogP contribution in [0, 0.1) is 0 Å². The lowest BCUT2D eigenvalue weighted by atomic mass is 10.1. The molecular weight excluding hydrogens is 188 g/mol. The molecule has 0 amide bonds.